The first-order valence-corrected chi connectivity index (χ1v) is 6.90. The number of carbonyl (C=O) groups is 1. The third-order valence-electron chi connectivity index (χ3n) is 2.75. The molecule has 1 N–H and O–H groups in total. The maximum absolute atomic E-state index is 11.5. The van der Waals surface area contributed by atoms with Gasteiger partial charge in [0.2, 0.25) is 0 Å². The number of hydrogen-bond acceptors (Lipinski definition) is 4. The van der Waals surface area contributed by atoms with E-state index in [0.717, 1.165) is 16.6 Å². The Labute approximate surface area is 119 Å². The lowest BCUT2D eigenvalue weighted by atomic mass is 10.3. The molecule has 0 saturated heterocycles. The fourth-order valence-corrected chi connectivity index (χ4v) is 2.42. The second kappa shape index (κ2) is 5.75. The van der Waals surface area contributed by atoms with Crippen LogP contribution in [0.15, 0.2) is 22.9 Å². The van der Waals surface area contributed by atoms with Gasteiger partial charge in [-0.25, -0.2) is 0 Å². The van der Waals surface area contributed by atoms with Gasteiger partial charge in [0, 0.05) is 18.3 Å². The number of pyridine rings is 1. The molecule has 0 radical (unpaired) electrons. The molecule has 4 nitrogen and oxygen atoms in total. The van der Waals surface area contributed by atoms with Crippen LogP contribution in [0.4, 0.5) is 5.69 Å². The Kier molecular flexibility index (Phi) is 4.29. The normalized spacial score (nSPS) is 21.2. The molecular weight excluding hydrogens is 316 g/mol. The molecule has 2 atom stereocenters. The molecular formula is C12H13BrN2O2S. The maximum atomic E-state index is 11.5. The molecule has 0 spiro atoms. The quantitative estimate of drug-likeness (QED) is 0.680. The molecule has 0 aliphatic heterocycles. The fourth-order valence-electron chi connectivity index (χ4n) is 1.70. The van der Waals surface area contributed by atoms with Gasteiger partial charge in [0.25, 0.3) is 0 Å². The lowest BCUT2D eigenvalue weighted by Crippen LogP contribution is -2.16. The molecule has 0 bridgehead atoms. The molecule has 1 fully saturated rings. The molecule has 18 heavy (non-hydrogen) atoms. The monoisotopic (exact) mass is 328 g/mol. The van der Waals surface area contributed by atoms with E-state index in [1.54, 1.807) is 19.3 Å². The van der Waals surface area contributed by atoms with E-state index in [0.29, 0.717) is 11.6 Å². The minimum Gasteiger partial charge on any atom is -0.466 e. The van der Waals surface area contributed by atoms with Gasteiger partial charge in [-0.2, -0.15) is 0 Å². The van der Waals surface area contributed by atoms with Gasteiger partial charge < -0.3 is 10.1 Å². The number of anilines is 1. The van der Waals surface area contributed by atoms with Crippen molar-refractivity contribution in [2.45, 2.75) is 13.3 Å². The van der Waals surface area contributed by atoms with Crippen molar-refractivity contribution in [1.29, 1.82) is 0 Å². The second-order valence-corrected chi connectivity index (χ2v) is 5.34. The number of nitrogens with zero attached hydrogens (tertiary/aromatic N) is 1. The largest absolute Gasteiger partial charge is 0.466 e. The topological polar surface area (TPSA) is 51.2 Å². The van der Waals surface area contributed by atoms with Crippen molar-refractivity contribution in [1.82, 2.24) is 4.98 Å². The van der Waals surface area contributed by atoms with E-state index in [9.17, 15) is 4.79 Å². The Balaban J connectivity index is 1.91. The Morgan fingerprint density at radius 3 is 3.11 bits per heavy atom. The summed E-state index contributed by atoms with van der Waals surface area (Å²) < 4.78 is 5.82. The summed E-state index contributed by atoms with van der Waals surface area (Å²) in [4.78, 5) is 16.2. The van der Waals surface area contributed by atoms with E-state index in [1.807, 2.05) is 6.07 Å². The van der Waals surface area contributed by atoms with Crippen LogP contribution in [0.1, 0.15) is 13.3 Å². The predicted molar refractivity (Wildman–Crippen MR) is 76.4 cm³/mol. The molecule has 0 unspecified atom stereocenters. The summed E-state index contributed by atoms with van der Waals surface area (Å²) in [6, 6.07) is 1.83. The summed E-state index contributed by atoms with van der Waals surface area (Å²) in [6.07, 6.45) is 4.15. The summed E-state index contributed by atoms with van der Waals surface area (Å²) in [5, 5.41) is 3.14. The summed E-state index contributed by atoms with van der Waals surface area (Å²) in [6.45, 7) is 2.22. The van der Waals surface area contributed by atoms with Crippen LogP contribution in [0, 0.1) is 11.8 Å². The summed E-state index contributed by atoms with van der Waals surface area (Å²) in [7, 11) is 0. The van der Waals surface area contributed by atoms with E-state index in [4.69, 9.17) is 17.0 Å². The predicted octanol–water partition coefficient (Wildman–Crippen LogP) is 2.78. The van der Waals surface area contributed by atoms with Crippen molar-refractivity contribution < 1.29 is 9.53 Å². The summed E-state index contributed by atoms with van der Waals surface area (Å²) in [5.41, 5.74) is 0.865. The highest BCUT2D eigenvalue weighted by molar-refractivity contribution is 9.10. The number of rotatable bonds is 4. The van der Waals surface area contributed by atoms with Crippen LogP contribution in [0.2, 0.25) is 0 Å². The number of carbonyl (C=O) groups excluding carboxylic acids is 1. The average molecular weight is 329 g/mol. The van der Waals surface area contributed by atoms with Gasteiger partial charge in [-0.1, -0.05) is 12.2 Å². The molecule has 6 heteroatoms. The van der Waals surface area contributed by atoms with Crippen molar-refractivity contribution in [3.63, 3.8) is 0 Å². The Morgan fingerprint density at radius 2 is 2.44 bits per heavy atom. The maximum Gasteiger partial charge on any atom is 0.309 e. The van der Waals surface area contributed by atoms with E-state index in [1.165, 1.54) is 0 Å². The Bertz CT molecular complexity index is 481. The standard InChI is InChI=1S/C12H13BrN2O2S/c1-2-17-12(16)8-5-7(8)11(18)15-10-3-4-14-6-9(10)13/h3-4,6-8H,2,5H2,1H3,(H,14,15,18)/t7-,8-/m0/s1. The molecule has 96 valence electrons. The molecule has 1 aliphatic rings. The highest BCUT2D eigenvalue weighted by Crippen LogP contribution is 2.41. The van der Waals surface area contributed by atoms with Gasteiger partial charge in [0.1, 0.15) is 0 Å². The minimum absolute atomic E-state index is 0.0782. The summed E-state index contributed by atoms with van der Waals surface area (Å²) >= 11 is 8.69. The van der Waals surface area contributed by atoms with Gasteiger partial charge in [-0.05, 0) is 35.3 Å². The minimum atomic E-state index is -0.152. The molecule has 1 aromatic heterocycles. The van der Waals surface area contributed by atoms with Crippen molar-refractivity contribution in [2.75, 3.05) is 11.9 Å². The molecule has 1 aromatic rings. The Morgan fingerprint density at radius 1 is 1.67 bits per heavy atom. The zero-order chi connectivity index (χ0) is 13.1. The molecule has 0 aromatic carbocycles. The van der Waals surface area contributed by atoms with Crippen LogP contribution in [0.3, 0.4) is 0 Å². The lowest BCUT2D eigenvalue weighted by molar-refractivity contribution is -0.144. The van der Waals surface area contributed by atoms with Crippen LogP contribution >= 0.6 is 28.1 Å². The second-order valence-electron chi connectivity index (χ2n) is 4.05. The third-order valence-corrected chi connectivity index (χ3v) is 3.78. The zero-order valence-electron chi connectivity index (χ0n) is 9.85. The first kappa shape index (κ1) is 13.4. The molecule has 2 rings (SSSR count). The van der Waals surface area contributed by atoms with Crippen LogP contribution in [0.25, 0.3) is 0 Å². The van der Waals surface area contributed by atoms with Crippen molar-refractivity contribution in [2.24, 2.45) is 11.8 Å². The molecule has 1 aliphatic carbocycles. The number of thiocarbonyl (C=S) groups is 1. The van der Waals surface area contributed by atoms with Crippen LogP contribution in [-0.4, -0.2) is 22.5 Å². The number of halogens is 1. The van der Waals surface area contributed by atoms with Gasteiger partial charge in [0.05, 0.1) is 27.7 Å². The Hall–Kier alpha value is -1.01. The molecule has 1 heterocycles. The number of ether oxygens (including phenoxy) is 1. The highest BCUT2D eigenvalue weighted by Gasteiger charge is 2.47. The van der Waals surface area contributed by atoms with Crippen LogP contribution < -0.4 is 5.32 Å². The smallest absolute Gasteiger partial charge is 0.309 e. The van der Waals surface area contributed by atoms with Gasteiger partial charge in [-0.3, -0.25) is 9.78 Å². The third kappa shape index (κ3) is 3.05. The first-order valence-electron chi connectivity index (χ1n) is 5.70. The molecule has 1 saturated carbocycles. The van der Waals surface area contributed by atoms with Gasteiger partial charge in [-0.15, -0.1) is 0 Å². The number of nitrogens with one attached hydrogen (secondary N) is 1. The van der Waals surface area contributed by atoms with Crippen molar-refractivity contribution in [3.05, 3.63) is 22.9 Å². The van der Waals surface area contributed by atoms with Crippen molar-refractivity contribution >= 4 is 44.8 Å². The van der Waals surface area contributed by atoms with E-state index in [-0.39, 0.29) is 17.8 Å². The summed E-state index contributed by atoms with van der Waals surface area (Å²) in [5.74, 6) is -0.134. The van der Waals surface area contributed by atoms with E-state index in [2.05, 4.69) is 26.2 Å². The lowest BCUT2D eigenvalue weighted by Gasteiger charge is -2.08. The van der Waals surface area contributed by atoms with Gasteiger partial charge in [0.15, 0.2) is 0 Å². The number of aromatic nitrogens is 1. The molecule has 0 amide bonds. The SMILES string of the molecule is CCOC(=O)[C@H]1C[C@@H]1C(=S)Nc1ccncc1Br. The van der Waals surface area contributed by atoms with Crippen molar-refractivity contribution in [3.8, 4) is 0 Å². The fraction of sp³-hybridized carbons (Fsp3) is 0.417. The number of esters is 1. The van der Waals surface area contributed by atoms with Gasteiger partial charge >= 0.3 is 5.97 Å². The average Bonchev–Trinajstić information content (AvgIpc) is 3.12. The van der Waals surface area contributed by atoms with E-state index >= 15 is 0 Å². The zero-order valence-corrected chi connectivity index (χ0v) is 12.3. The highest BCUT2D eigenvalue weighted by atomic mass is 79.9. The van der Waals surface area contributed by atoms with E-state index < -0.39 is 0 Å². The van der Waals surface area contributed by atoms with Crippen LogP contribution in [-0.2, 0) is 9.53 Å². The van der Waals surface area contributed by atoms with Crippen LogP contribution in [0.5, 0.6) is 0 Å². The first-order chi connectivity index (χ1) is 8.63. The number of hydrogen-bond donors (Lipinski definition) is 1.